The van der Waals surface area contributed by atoms with Gasteiger partial charge in [-0.05, 0) is 56.5 Å². The van der Waals surface area contributed by atoms with Crippen molar-refractivity contribution in [3.63, 3.8) is 0 Å². The Morgan fingerprint density at radius 1 is 1.22 bits per heavy atom. The van der Waals surface area contributed by atoms with Crippen LogP contribution in [0.5, 0.6) is 0 Å². The van der Waals surface area contributed by atoms with Crippen LogP contribution in [0, 0.1) is 11.7 Å². The molecule has 0 amide bonds. The fourth-order valence-corrected chi connectivity index (χ4v) is 2.63. The number of piperidine rings is 1. The number of hydrogen-bond acceptors (Lipinski definition) is 2. The van der Waals surface area contributed by atoms with Gasteiger partial charge in [-0.3, -0.25) is 4.90 Å². The lowest BCUT2D eigenvalue weighted by molar-refractivity contribution is 0.130. The molecule has 3 heteroatoms. The van der Waals surface area contributed by atoms with E-state index in [1.165, 1.54) is 25.0 Å². The van der Waals surface area contributed by atoms with Gasteiger partial charge in [0.2, 0.25) is 0 Å². The zero-order chi connectivity index (χ0) is 13.1. The number of hydrogen-bond donors (Lipinski definition) is 1. The molecular formula is C15H23FN2. The Kier molecular flexibility index (Phi) is 4.36. The highest BCUT2D eigenvalue weighted by Gasteiger charge is 2.25. The first-order chi connectivity index (χ1) is 8.58. The molecule has 0 aromatic heterocycles. The molecule has 2 atom stereocenters. The van der Waals surface area contributed by atoms with Gasteiger partial charge in [-0.1, -0.05) is 19.1 Å². The Labute approximate surface area is 109 Å². The Morgan fingerprint density at radius 2 is 1.78 bits per heavy atom. The third kappa shape index (κ3) is 3.09. The Morgan fingerprint density at radius 3 is 2.33 bits per heavy atom. The van der Waals surface area contributed by atoms with Crippen molar-refractivity contribution in [3.8, 4) is 0 Å². The van der Waals surface area contributed by atoms with Crippen molar-refractivity contribution in [1.29, 1.82) is 0 Å². The molecule has 2 unspecified atom stereocenters. The number of nitrogens with zero attached hydrogens (tertiary/aromatic N) is 1. The molecule has 1 aliphatic heterocycles. The highest BCUT2D eigenvalue weighted by molar-refractivity contribution is 5.21. The van der Waals surface area contributed by atoms with E-state index in [-0.39, 0.29) is 11.9 Å². The summed E-state index contributed by atoms with van der Waals surface area (Å²) in [7, 11) is 0. The largest absolute Gasteiger partial charge is 0.323 e. The standard InChI is InChI=1S/C15H23FN2/c1-11-7-9-18(10-8-11)12(2)15(17)13-3-5-14(16)6-4-13/h3-6,11-12,15H,7-10,17H2,1-2H3. The summed E-state index contributed by atoms with van der Waals surface area (Å²) in [5.41, 5.74) is 7.31. The summed E-state index contributed by atoms with van der Waals surface area (Å²) in [6.45, 7) is 6.72. The van der Waals surface area contributed by atoms with Crippen LogP contribution in [0.1, 0.15) is 38.3 Å². The summed E-state index contributed by atoms with van der Waals surface area (Å²) in [6, 6.07) is 6.83. The van der Waals surface area contributed by atoms with Crippen LogP contribution < -0.4 is 5.73 Å². The van der Waals surface area contributed by atoms with E-state index >= 15 is 0 Å². The predicted octanol–water partition coefficient (Wildman–Crippen LogP) is 2.95. The molecule has 0 aliphatic carbocycles. The van der Waals surface area contributed by atoms with Gasteiger partial charge in [-0.2, -0.15) is 0 Å². The van der Waals surface area contributed by atoms with Crippen molar-refractivity contribution < 1.29 is 4.39 Å². The first-order valence-electron chi connectivity index (χ1n) is 6.83. The van der Waals surface area contributed by atoms with E-state index in [0.717, 1.165) is 24.6 Å². The lowest BCUT2D eigenvalue weighted by Crippen LogP contribution is -2.44. The van der Waals surface area contributed by atoms with Gasteiger partial charge in [0, 0.05) is 12.1 Å². The molecule has 18 heavy (non-hydrogen) atoms. The van der Waals surface area contributed by atoms with Crippen LogP contribution in [0.3, 0.4) is 0 Å². The van der Waals surface area contributed by atoms with Crippen LogP contribution in [0.4, 0.5) is 4.39 Å². The minimum absolute atomic E-state index is 0.0426. The zero-order valence-electron chi connectivity index (χ0n) is 11.3. The van der Waals surface area contributed by atoms with Gasteiger partial charge in [0.25, 0.3) is 0 Å². The predicted molar refractivity (Wildman–Crippen MR) is 72.8 cm³/mol. The molecule has 1 saturated heterocycles. The van der Waals surface area contributed by atoms with E-state index in [2.05, 4.69) is 18.7 Å². The summed E-state index contributed by atoms with van der Waals surface area (Å²) in [6.07, 6.45) is 2.50. The lowest BCUT2D eigenvalue weighted by atomic mass is 9.94. The molecule has 2 nitrogen and oxygen atoms in total. The third-order valence-corrected chi connectivity index (χ3v) is 4.17. The summed E-state index contributed by atoms with van der Waals surface area (Å²) in [4.78, 5) is 2.45. The molecule has 0 bridgehead atoms. The topological polar surface area (TPSA) is 29.3 Å². The molecule has 1 heterocycles. The van der Waals surface area contributed by atoms with Crippen LogP contribution >= 0.6 is 0 Å². The minimum Gasteiger partial charge on any atom is -0.323 e. The van der Waals surface area contributed by atoms with Gasteiger partial charge in [0.15, 0.2) is 0 Å². The second-order valence-corrected chi connectivity index (χ2v) is 5.54. The Balaban J connectivity index is 1.99. The fraction of sp³-hybridized carbons (Fsp3) is 0.600. The maximum atomic E-state index is 12.9. The average molecular weight is 250 g/mol. The normalized spacial score (nSPS) is 21.8. The number of nitrogens with two attached hydrogens (primary N) is 1. The molecular weight excluding hydrogens is 227 g/mol. The Hall–Kier alpha value is -0.930. The quantitative estimate of drug-likeness (QED) is 0.893. The molecule has 0 radical (unpaired) electrons. The smallest absolute Gasteiger partial charge is 0.123 e. The third-order valence-electron chi connectivity index (χ3n) is 4.17. The van der Waals surface area contributed by atoms with Gasteiger partial charge in [0.1, 0.15) is 5.82 Å². The molecule has 0 spiro atoms. The van der Waals surface area contributed by atoms with Crippen molar-refractivity contribution >= 4 is 0 Å². The average Bonchev–Trinajstić information content (AvgIpc) is 2.39. The summed E-state index contributed by atoms with van der Waals surface area (Å²) in [5, 5.41) is 0. The van der Waals surface area contributed by atoms with E-state index in [4.69, 9.17) is 5.73 Å². The molecule has 1 fully saturated rings. The number of rotatable bonds is 3. The first-order valence-corrected chi connectivity index (χ1v) is 6.83. The van der Waals surface area contributed by atoms with Crippen molar-refractivity contribution in [1.82, 2.24) is 4.90 Å². The maximum absolute atomic E-state index is 12.9. The monoisotopic (exact) mass is 250 g/mol. The SMILES string of the molecule is CC1CCN(C(C)C(N)c2ccc(F)cc2)CC1. The molecule has 0 saturated carbocycles. The van der Waals surface area contributed by atoms with Gasteiger partial charge in [0.05, 0.1) is 0 Å². The minimum atomic E-state index is -0.203. The van der Waals surface area contributed by atoms with Crippen molar-refractivity contribution in [2.75, 3.05) is 13.1 Å². The van der Waals surface area contributed by atoms with Crippen LogP contribution in [0.2, 0.25) is 0 Å². The molecule has 100 valence electrons. The van der Waals surface area contributed by atoms with Crippen molar-refractivity contribution in [2.24, 2.45) is 11.7 Å². The van der Waals surface area contributed by atoms with Gasteiger partial charge in [-0.25, -0.2) is 4.39 Å². The highest BCUT2D eigenvalue weighted by Crippen LogP contribution is 2.24. The number of halogens is 1. The van der Waals surface area contributed by atoms with Crippen LogP contribution in [-0.2, 0) is 0 Å². The molecule has 2 rings (SSSR count). The number of likely N-dealkylation sites (tertiary alicyclic amines) is 1. The van der Waals surface area contributed by atoms with E-state index in [1.54, 1.807) is 12.1 Å². The molecule has 1 aromatic carbocycles. The highest BCUT2D eigenvalue weighted by atomic mass is 19.1. The van der Waals surface area contributed by atoms with Crippen molar-refractivity contribution in [3.05, 3.63) is 35.6 Å². The summed E-state index contributed by atoms with van der Waals surface area (Å²) in [5.74, 6) is 0.626. The van der Waals surface area contributed by atoms with E-state index in [9.17, 15) is 4.39 Å². The van der Waals surface area contributed by atoms with E-state index in [1.807, 2.05) is 0 Å². The van der Waals surface area contributed by atoms with E-state index in [0.29, 0.717) is 6.04 Å². The van der Waals surface area contributed by atoms with Gasteiger partial charge < -0.3 is 5.73 Å². The van der Waals surface area contributed by atoms with Crippen LogP contribution in [0.25, 0.3) is 0 Å². The maximum Gasteiger partial charge on any atom is 0.123 e. The molecule has 1 aromatic rings. The van der Waals surface area contributed by atoms with Crippen molar-refractivity contribution in [2.45, 2.75) is 38.8 Å². The van der Waals surface area contributed by atoms with Gasteiger partial charge in [-0.15, -0.1) is 0 Å². The molecule has 2 N–H and O–H groups in total. The molecule has 1 aliphatic rings. The second kappa shape index (κ2) is 5.81. The fourth-order valence-electron chi connectivity index (χ4n) is 2.63. The second-order valence-electron chi connectivity index (χ2n) is 5.54. The number of benzene rings is 1. The lowest BCUT2D eigenvalue weighted by Gasteiger charge is -2.37. The first kappa shape index (κ1) is 13.5. The Bertz CT molecular complexity index is 369. The summed E-state index contributed by atoms with van der Waals surface area (Å²) < 4.78 is 12.9. The summed E-state index contributed by atoms with van der Waals surface area (Å²) >= 11 is 0. The van der Waals surface area contributed by atoms with Crippen LogP contribution in [0.15, 0.2) is 24.3 Å². The zero-order valence-corrected chi connectivity index (χ0v) is 11.3. The van der Waals surface area contributed by atoms with Gasteiger partial charge >= 0.3 is 0 Å². The van der Waals surface area contributed by atoms with E-state index < -0.39 is 0 Å². The van der Waals surface area contributed by atoms with Crippen LogP contribution in [-0.4, -0.2) is 24.0 Å².